The lowest BCUT2D eigenvalue weighted by Gasteiger charge is -2.09. The van der Waals surface area contributed by atoms with Crippen LogP contribution >= 0.6 is 0 Å². The van der Waals surface area contributed by atoms with E-state index >= 15 is 0 Å². The van der Waals surface area contributed by atoms with Gasteiger partial charge in [0.1, 0.15) is 5.82 Å². The molecule has 19 heavy (non-hydrogen) atoms. The van der Waals surface area contributed by atoms with Crippen LogP contribution < -0.4 is 5.73 Å². The summed E-state index contributed by atoms with van der Waals surface area (Å²) in [7, 11) is 0. The van der Waals surface area contributed by atoms with E-state index in [2.05, 4.69) is 9.97 Å². The molecule has 3 rings (SSSR count). The highest BCUT2D eigenvalue weighted by molar-refractivity contribution is 5.81. The molecule has 2 N–H and O–H groups in total. The summed E-state index contributed by atoms with van der Waals surface area (Å²) in [6.07, 6.45) is 3.59. The highest BCUT2D eigenvalue weighted by Gasteiger charge is 2.09. The smallest absolute Gasteiger partial charge is 0.124 e. The van der Waals surface area contributed by atoms with E-state index in [9.17, 15) is 0 Å². The van der Waals surface area contributed by atoms with Gasteiger partial charge in [-0.05, 0) is 18.2 Å². The summed E-state index contributed by atoms with van der Waals surface area (Å²) in [6.45, 7) is 0. The predicted molar refractivity (Wildman–Crippen MR) is 77.3 cm³/mol. The van der Waals surface area contributed by atoms with Crippen LogP contribution in [-0.4, -0.2) is 9.97 Å². The first-order valence-corrected chi connectivity index (χ1v) is 6.07. The van der Waals surface area contributed by atoms with Crippen molar-refractivity contribution in [2.75, 3.05) is 5.73 Å². The summed E-state index contributed by atoms with van der Waals surface area (Å²) in [6, 6.07) is 17.8. The van der Waals surface area contributed by atoms with Crippen molar-refractivity contribution in [2.45, 2.75) is 0 Å². The second-order valence-electron chi connectivity index (χ2n) is 4.24. The molecule has 0 saturated heterocycles. The fourth-order valence-corrected chi connectivity index (χ4v) is 2.05. The van der Waals surface area contributed by atoms with E-state index in [1.165, 1.54) is 0 Å². The maximum Gasteiger partial charge on any atom is 0.124 e. The van der Waals surface area contributed by atoms with E-state index in [1.54, 1.807) is 6.20 Å². The molecule has 0 aliphatic carbocycles. The zero-order valence-corrected chi connectivity index (χ0v) is 10.3. The molecule has 0 fully saturated rings. The third kappa shape index (κ3) is 2.31. The van der Waals surface area contributed by atoms with Crippen LogP contribution in [0.3, 0.4) is 0 Å². The summed E-state index contributed by atoms with van der Waals surface area (Å²) < 4.78 is 0. The molecular weight excluding hydrogens is 234 g/mol. The molecule has 0 aliphatic rings. The van der Waals surface area contributed by atoms with Gasteiger partial charge >= 0.3 is 0 Å². The lowest BCUT2D eigenvalue weighted by Crippen LogP contribution is -1.95. The first kappa shape index (κ1) is 11.4. The average Bonchev–Trinajstić information content (AvgIpc) is 2.49. The third-order valence-electron chi connectivity index (χ3n) is 2.94. The standard InChI is InChI=1S/C16H13N3/c17-15-9-8-14(13-7-4-10-18-11-13)16(19-15)12-5-2-1-3-6-12/h1-11H,(H2,17,19). The van der Waals surface area contributed by atoms with Gasteiger partial charge in [-0.1, -0.05) is 36.4 Å². The Kier molecular flexibility index (Phi) is 2.94. The Morgan fingerprint density at radius 1 is 0.789 bits per heavy atom. The molecule has 0 aliphatic heterocycles. The topological polar surface area (TPSA) is 51.8 Å². The molecule has 0 atom stereocenters. The fraction of sp³-hybridized carbons (Fsp3) is 0. The van der Waals surface area contributed by atoms with Crippen molar-refractivity contribution in [1.29, 1.82) is 0 Å². The lowest BCUT2D eigenvalue weighted by molar-refractivity contribution is 1.30. The molecule has 0 amide bonds. The Hall–Kier alpha value is -2.68. The van der Waals surface area contributed by atoms with Gasteiger partial charge in [0.2, 0.25) is 0 Å². The molecule has 0 unspecified atom stereocenters. The van der Waals surface area contributed by atoms with Crippen molar-refractivity contribution in [3.63, 3.8) is 0 Å². The summed E-state index contributed by atoms with van der Waals surface area (Å²) in [5.41, 5.74) is 9.82. The molecule has 92 valence electrons. The van der Waals surface area contributed by atoms with E-state index in [0.717, 1.165) is 22.4 Å². The second kappa shape index (κ2) is 4.90. The van der Waals surface area contributed by atoms with Gasteiger partial charge in [-0.2, -0.15) is 0 Å². The van der Waals surface area contributed by atoms with Gasteiger partial charge in [0.25, 0.3) is 0 Å². The van der Waals surface area contributed by atoms with Gasteiger partial charge in [0, 0.05) is 29.1 Å². The normalized spacial score (nSPS) is 10.3. The number of hydrogen-bond donors (Lipinski definition) is 1. The van der Waals surface area contributed by atoms with Gasteiger partial charge in [0.15, 0.2) is 0 Å². The van der Waals surface area contributed by atoms with Crippen molar-refractivity contribution in [3.8, 4) is 22.4 Å². The number of nitrogen functional groups attached to an aromatic ring is 1. The number of pyridine rings is 2. The zero-order chi connectivity index (χ0) is 13.1. The van der Waals surface area contributed by atoms with Crippen molar-refractivity contribution in [3.05, 3.63) is 67.0 Å². The van der Waals surface area contributed by atoms with Crippen LogP contribution in [0.5, 0.6) is 0 Å². The van der Waals surface area contributed by atoms with Gasteiger partial charge < -0.3 is 5.73 Å². The minimum atomic E-state index is 0.520. The highest BCUT2D eigenvalue weighted by atomic mass is 14.8. The maximum atomic E-state index is 5.82. The molecule has 0 radical (unpaired) electrons. The average molecular weight is 247 g/mol. The van der Waals surface area contributed by atoms with E-state index in [1.807, 2.05) is 60.8 Å². The van der Waals surface area contributed by atoms with E-state index in [4.69, 9.17) is 5.73 Å². The molecule has 2 heterocycles. The van der Waals surface area contributed by atoms with Crippen LogP contribution in [0.15, 0.2) is 67.0 Å². The molecule has 3 heteroatoms. The number of anilines is 1. The SMILES string of the molecule is Nc1ccc(-c2cccnc2)c(-c2ccccc2)n1. The van der Waals surface area contributed by atoms with E-state index in [-0.39, 0.29) is 0 Å². The summed E-state index contributed by atoms with van der Waals surface area (Å²) >= 11 is 0. The van der Waals surface area contributed by atoms with Crippen molar-refractivity contribution >= 4 is 5.82 Å². The van der Waals surface area contributed by atoms with Crippen LogP contribution in [0.2, 0.25) is 0 Å². The quantitative estimate of drug-likeness (QED) is 0.755. The number of benzene rings is 1. The van der Waals surface area contributed by atoms with Crippen molar-refractivity contribution in [1.82, 2.24) is 9.97 Å². The number of hydrogen-bond acceptors (Lipinski definition) is 3. The molecule has 1 aromatic carbocycles. The van der Waals surface area contributed by atoms with Gasteiger partial charge in [-0.25, -0.2) is 4.98 Å². The predicted octanol–water partition coefficient (Wildman–Crippen LogP) is 3.39. The summed E-state index contributed by atoms with van der Waals surface area (Å²) in [5.74, 6) is 0.520. The number of aromatic nitrogens is 2. The summed E-state index contributed by atoms with van der Waals surface area (Å²) in [4.78, 5) is 8.63. The Morgan fingerprint density at radius 3 is 2.32 bits per heavy atom. The number of rotatable bonds is 2. The largest absolute Gasteiger partial charge is 0.384 e. The minimum absolute atomic E-state index is 0.520. The van der Waals surface area contributed by atoms with E-state index in [0.29, 0.717) is 5.82 Å². The van der Waals surface area contributed by atoms with Crippen LogP contribution in [0.25, 0.3) is 22.4 Å². The number of nitrogens with zero attached hydrogens (tertiary/aromatic N) is 2. The van der Waals surface area contributed by atoms with Crippen molar-refractivity contribution in [2.24, 2.45) is 0 Å². The molecule has 3 nitrogen and oxygen atoms in total. The molecule has 0 saturated carbocycles. The first-order valence-electron chi connectivity index (χ1n) is 6.07. The lowest BCUT2D eigenvalue weighted by atomic mass is 10.0. The van der Waals surface area contributed by atoms with Gasteiger partial charge in [-0.15, -0.1) is 0 Å². The van der Waals surface area contributed by atoms with Crippen LogP contribution in [0.4, 0.5) is 5.82 Å². The maximum absolute atomic E-state index is 5.82. The van der Waals surface area contributed by atoms with Gasteiger partial charge in [0.05, 0.1) is 5.69 Å². The molecule has 3 aromatic rings. The third-order valence-corrected chi connectivity index (χ3v) is 2.94. The number of nitrogens with two attached hydrogens (primary N) is 1. The zero-order valence-electron chi connectivity index (χ0n) is 10.3. The first-order chi connectivity index (χ1) is 9.34. The van der Waals surface area contributed by atoms with Crippen molar-refractivity contribution < 1.29 is 0 Å². The van der Waals surface area contributed by atoms with Gasteiger partial charge in [-0.3, -0.25) is 4.98 Å². The summed E-state index contributed by atoms with van der Waals surface area (Å²) in [5, 5.41) is 0. The molecule has 2 aromatic heterocycles. The second-order valence-corrected chi connectivity index (χ2v) is 4.24. The van der Waals surface area contributed by atoms with Crippen LogP contribution in [0.1, 0.15) is 0 Å². The van der Waals surface area contributed by atoms with Crippen LogP contribution in [-0.2, 0) is 0 Å². The highest BCUT2D eigenvalue weighted by Crippen LogP contribution is 2.30. The molecular formula is C16H13N3. The molecule has 0 spiro atoms. The Morgan fingerprint density at radius 2 is 1.58 bits per heavy atom. The fourth-order valence-electron chi connectivity index (χ4n) is 2.05. The minimum Gasteiger partial charge on any atom is -0.384 e. The Balaban J connectivity index is 2.21. The monoisotopic (exact) mass is 247 g/mol. The molecule has 0 bridgehead atoms. The Labute approximate surface area is 111 Å². The Bertz CT molecular complexity index is 679. The van der Waals surface area contributed by atoms with E-state index < -0.39 is 0 Å². The van der Waals surface area contributed by atoms with Crippen LogP contribution in [0, 0.1) is 0 Å².